The SMILES string of the molecule is CCc1cccc(SN2C(C)=CC2C(F)(F)F)c1. The van der Waals surface area contributed by atoms with Gasteiger partial charge in [0, 0.05) is 10.6 Å². The number of halogens is 3. The molecule has 98 valence electrons. The second-order valence-electron chi connectivity index (χ2n) is 4.21. The van der Waals surface area contributed by atoms with Crippen molar-refractivity contribution in [3.8, 4) is 0 Å². The van der Waals surface area contributed by atoms with Gasteiger partial charge in [-0.2, -0.15) is 13.2 Å². The molecule has 1 unspecified atom stereocenters. The summed E-state index contributed by atoms with van der Waals surface area (Å²) in [6, 6.07) is 6.16. The molecule has 0 fully saturated rings. The highest BCUT2D eigenvalue weighted by Gasteiger charge is 2.47. The van der Waals surface area contributed by atoms with E-state index in [0.717, 1.165) is 28.8 Å². The third-order valence-electron chi connectivity index (χ3n) is 2.85. The smallest absolute Gasteiger partial charge is 0.300 e. The Bertz CT molecular complexity index is 468. The fourth-order valence-corrected chi connectivity index (χ4v) is 2.87. The van der Waals surface area contributed by atoms with Crippen LogP contribution in [0.1, 0.15) is 19.4 Å². The summed E-state index contributed by atoms with van der Waals surface area (Å²) in [7, 11) is 0. The van der Waals surface area contributed by atoms with Crippen molar-refractivity contribution in [2.45, 2.75) is 37.4 Å². The molecule has 1 heterocycles. The number of allylic oxidation sites excluding steroid dienone is 1. The molecule has 0 amide bonds. The average molecular weight is 273 g/mol. The van der Waals surface area contributed by atoms with Crippen molar-refractivity contribution >= 4 is 11.9 Å². The Kier molecular flexibility index (Phi) is 3.61. The summed E-state index contributed by atoms with van der Waals surface area (Å²) in [5.41, 5.74) is 1.79. The van der Waals surface area contributed by atoms with Crippen LogP contribution < -0.4 is 0 Å². The Balaban J connectivity index is 2.12. The number of hydrogen-bond acceptors (Lipinski definition) is 2. The quantitative estimate of drug-likeness (QED) is 0.751. The van der Waals surface area contributed by atoms with Crippen molar-refractivity contribution in [2.75, 3.05) is 0 Å². The Morgan fingerprint density at radius 2 is 2.06 bits per heavy atom. The van der Waals surface area contributed by atoms with Crippen molar-refractivity contribution in [2.24, 2.45) is 0 Å². The van der Waals surface area contributed by atoms with E-state index in [0.29, 0.717) is 5.70 Å². The van der Waals surface area contributed by atoms with Crippen LogP contribution in [0.4, 0.5) is 13.2 Å². The van der Waals surface area contributed by atoms with Gasteiger partial charge in [-0.25, -0.2) is 0 Å². The third-order valence-corrected chi connectivity index (χ3v) is 4.02. The Labute approximate surface area is 109 Å². The molecule has 1 aromatic rings. The first kappa shape index (κ1) is 13.3. The van der Waals surface area contributed by atoms with Gasteiger partial charge >= 0.3 is 6.18 Å². The van der Waals surface area contributed by atoms with Crippen LogP contribution in [-0.4, -0.2) is 16.5 Å². The maximum atomic E-state index is 12.7. The molecule has 0 saturated heterocycles. The summed E-state index contributed by atoms with van der Waals surface area (Å²) in [5.74, 6) is 0. The number of nitrogens with zero attached hydrogens (tertiary/aromatic N) is 1. The van der Waals surface area contributed by atoms with Gasteiger partial charge in [-0.3, -0.25) is 0 Å². The van der Waals surface area contributed by atoms with E-state index in [4.69, 9.17) is 0 Å². The molecule has 1 atom stereocenters. The average Bonchev–Trinajstić information content (AvgIpc) is 2.32. The molecule has 0 aromatic heterocycles. The lowest BCUT2D eigenvalue weighted by atomic mass is 10.1. The minimum atomic E-state index is -4.20. The second kappa shape index (κ2) is 4.88. The molecule has 0 radical (unpaired) electrons. The van der Waals surface area contributed by atoms with Crippen LogP contribution in [0, 0.1) is 0 Å². The normalized spacial score (nSPS) is 19.5. The lowest BCUT2D eigenvalue weighted by Crippen LogP contribution is -2.46. The van der Waals surface area contributed by atoms with Crippen molar-refractivity contribution in [1.82, 2.24) is 4.31 Å². The van der Waals surface area contributed by atoms with Gasteiger partial charge in [0.1, 0.15) is 0 Å². The molecule has 0 N–H and O–H groups in total. The largest absolute Gasteiger partial charge is 0.413 e. The Morgan fingerprint density at radius 3 is 2.61 bits per heavy atom. The number of rotatable bonds is 3. The first-order valence-corrected chi connectivity index (χ1v) is 6.50. The van der Waals surface area contributed by atoms with Gasteiger partial charge in [0.15, 0.2) is 6.04 Å². The van der Waals surface area contributed by atoms with E-state index in [1.54, 1.807) is 6.92 Å². The third kappa shape index (κ3) is 2.66. The summed E-state index contributed by atoms with van der Waals surface area (Å²) >= 11 is 1.15. The predicted octanol–water partition coefficient (Wildman–Crippen LogP) is 4.41. The molecule has 1 aliphatic heterocycles. The van der Waals surface area contributed by atoms with Crippen molar-refractivity contribution in [1.29, 1.82) is 0 Å². The van der Waals surface area contributed by atoms with Gasteiger partial charge in [0.2, 0.25) is 0 Å². The highest BCUT2D eigenvalue weighted by atomic mass is 32.2. The maximum absolute atomic E-state index is 12.7. The van der Waals surface area contributed by atoms with Crippen LogP contribution >= 0.6 is 11.9 Å². The monoisotopic (exact) mass is 273 g/mol. The van der Waals surface area contributed by atoms with E-state index in [2.05, 4.69) is 0 Å². The van der Waals surface area contributed by atoms with E-state index in [1.807, 2.05) is 31.2 Å². The molecule has 0 aliphatic carbocycles. The van der Waals surface area contributed by atoms with E-state index in [1.165, 1.54) is 10.4 Å². The molecule has 2 rings (SSSR count). The highest BCUT2D eigenvalue weighted by Crippen LogP contribution is 2.42. The topological polar surface area (TPSA) is 3.24 Å². The van der Waals surface area contributed by atoms with Crippen LogP contribution in [0.25, 0.3) is 0 Å². The van der Waals surface area contributed by atoms with Gasteiger partial charge in [0.05, 0.1) is 0 Å². The maximum Gasteiger partial charge on any atom is 0.413 e. The second-order valence-corrected chi connectivity index (χ2v) is 5.26. The number of alkyl halides is 3. The highest BCUT2D eigenvalue weighted by molar-refractivity contribution is 7.97. The van der Waals surface area contributed by atoms with Crippen LogP contribution in [-0.2, 0) is 6.42 Å². The first-order chi connectivity index (χ1) is 8.41. The molecule has 1 aliphatic rings. The zero-order chi connectivity index (χ0) is 13.3. The first-order valence-electron chi connectivity index (χ1n) is 5.73. The summed E-state index contributed by atoms with van der Waals surface area (Å²) in [6.07, 6.45) is -2.07. The van der Waals surface area contributed by atoms with E-state index in [9.17, 15) is 13.2 Å². The number of aryl methyl sites for hydroxylation is 1. The Morgan fingerprint density at radius 1 is 1.33 bits per heavy atom. The zero-order valence-electron chi connectivity index (χ0n) is 10.2. The van der Waals surface area contributed by atoms with Crippen LogP contribution in [0.3, 0.4) is 0 Å². The fourth-order valence-electron chi connectivity index (χ4n) is 1.80. The van der Waals surface area contributed by atoms with Crippen molar-refractivity contribution in [3.05, 3.63) is 41.6 Å². The van der Waals surface area contributed by atoms with Crippen molar-refractivity contribution < 1.29 is 13.2 Å². The van der Waals surface area contributed by atoms with Gasteiger partial charge in [-0.05, 0) is 49.1 Å². The fraction of sp³-hybridized carbons (Fsp3) is 0.385. The molecule has 1 nitrogen and oxygen atoms in total. The molecule has 0 saturated carbocycles. The van der Waals surface area contributed by atoms with Crippen LogP contribution in [0.2, 0.25) is 0 Å². The molecule has 18 heavy (non-hydrogen) atoms. The summed E-state index contributed by atoms with van der Waals surface area (Å²) in [6.45, 7) is 3.72. The van der Waals surface area contributed by atoms with Gasteiger partial charge in [-0.1, -0.05) is 19.1 Å². The standard InChI is InChI=1S/C13H14F3NS/c1-3-10-5-4-6-11(8-10)18-17-9(2)7-12(17)13(14,15)16/h4-8,12H,3H2,1-2H3. The molecule has 5 heteroatoms. The van der Waals surface area contributed by atoms with E-state index >= 15 is 0 Å². The molecule has 0 bridgehead atoms. The molecule has 0 spiro atoms. The predicted molar refractivity (Wildman–Crippen MR) is 67.1 cm³/mol. The molecule has 1 aromatic carbocycles. The van der Waals surface area contributed by atoms with Gasteiger partial charge in [-0.15, -0.1) is 0 Å². The van der Waals surface area contributed by atoms with E-state index in [-0.39, 0.29) is 0 Å². The van der Waals surface area contributed by atoms with Crippen LogP contribution in [0.15, 0.2) is 40.9 Å². The lowest BCUT2D eigenvalue weighted by molar-refractivity contribution is -0.160. The summed E-state index contributed by atoms with van der Waals surface area (Å²) < 4.78 is 39.3. The van der Waals surface area contributed by atoms with Crippen molar-refractivity contribution in [3.63, 3.8) is 0 Å². The van der Waals surface area contributed by atoms with Crippen LogP contribution in [0.5, 0.6) is 0 Å². The van der Waals surface area contributed by atoms with Gasteiger partial charge < -0.3 is 4.31 Å². The zero-order valence-corrected chi connectivity index (χ0v) is 11.0. The molecular weight excluding hydrogens is 259 g/mol. The molecular formula is C13H14F3NS. The minimum Gasteiger partial charge on any atom is -0.300 e. The van der Waals surface area contributed by atoms with Gasteiger partial charge in [0.25, 0.3) is 0 Å². The lowest BCUT2D eigenvalue weighted by Gasteiger charge is -2.39. The minimum absolute atomic E-state index is 0.657. The number of benzene rings is 1. The number of hydrogen-bond donors (Lipinski definition) is 0. The summed E-state index contributed by atoms with van der Waals surface area (Å²) in [4.78, 5) is 0.844. The summed E-state index contributed by atoms with van der Waals surface area (Å²) in [5, 5.41) is 0. The Hall–Kier alpha value is -1.10. The van der Waals surface area contributed by atoms with E-state index < -0.39 is 12.2 Å².